The maximum atomic E-state index is 13.1. The number of carbonyl (C=O) groups is 1. The van der Waals surface area contributed by atoms with Gasteiger partial charge in [-0.3, -0.25) is 0 Å². The molecule has 0 heterocycles. The molecule has 0 unspecified atom stereocenters. The molecule has 2 rings (SSSR count). The van der Waals surface area contributed by atoms with E-state index in [1.54, 1.807) is 36.0 Å². The van der Waals surface area contributed by atoms with E-state index < -0.39 is 16.0 Å². The van der Waals surface area contributed by atoms with E-state index in [4.69, 9.17) is 9.84 Å². The number of ether oxygens (including phenoxy) is 1. The number of aliphatic carboxylic acids is 1. The number of nitrogens with zero attached hydrogens (tertiary/aromatic N) is 1. The van der Waals surface area contributed by atoms with Crippen LogP contribution in [0.25, 0.3) is 0 Å². The molecule has 0 aliphatic heterocycles. The van der Waals surface area contributed by atoms with Crippen LogP contribution in [-0.2, 0) is 14.8 Å². The van der Waals surface area contributed by atoms with E-state index in [2.05, 4.69) is 31.9 Å². The third-order valence-electron chi connectivity index (χ3n) is 4.11. The zero-order valence-electron chi connectivity index (χ0n) is 16.6. The summed E-state index contributed by atoms with van der Waals surface area (Å²) in [6.45, 7) is 4.23. The van der Waals surface area contributed by atoms with E-state index >= 15 is 0 Å². The van der Waals surface area contributed by atoms with Crippen molar-refractivity contribution >= 4 is 59.6 Å². The minimum atomic E-state index is -3.59. The summed E-state index contributed by atoms with van der Waals surface area (Å²) in [7, 11) is -3.59. The maximum absolute atomic E-state index is 13.1. The van der Waals surface area contributed by atoms with Crippen LogP contribution in [0.1, 0.15) is 18.9 Å². The molecule has 6 nitrogen and oxygen atoms in total. The average molecular weight is 581 g/mol. The fourth-order valence-corrected chi connectivity index (χ4v) is 6.09. The van der Waals surface area contributed by atoms with Crippen molar-refractivity contribution in [2.45, 2.75) is 30.1 Å². The summed E-state index contributed by atoms with van der Waals surface area (Å²) >= 11 is 8.27. The molecule has 0 spiro atoms. The van der Waals surface area contributed by atoms with Crippen LogP contribution in [0.2, 0.25) is 0 Å². The average Bonchev–Trinajstić information content (AvgIpc) is 2.68. The van der Waals surface area contributed by atoms with E-state index in [9.17, 15) is 13.2 Å². The van der Waals surface area contributed by atoms with Crippen molar-refractivity contribution in [3.63, 3.8) is 0 Å². The first-order valence-corrected chi connectivity index (χ1v) is 13.2. The Balaban J connectivity index is 2.05. The molecule has 0 fully saturated rings. The highest BCUT2D eigenvalue weighted by molar-refractivity contribution is 9.13. The Kier molecular flexibility index (Phi) is 9.67. The van der Waals surface area contributed by atoms with Crippen molar-refractivity contribution in [1.82, 2.24) is 4.31 Å². The van der Waals surface area contributed by atoms with Crippen LogP contribution in [0.3, 0.4) is 0 Å². The number of benzene rings is 2. The van der Waals surface area contributed by atoms with Gasteiger partial charge in [0.05, 0.1) is 4.90 Å². The lowest BCUT2D eigenvalue weighted by molar-refractivity contribution is -0.139. The highest BCUT2D eigenvalue weighted by Gasteiger charge is 2.24. The normalized spacial score (nSPS) is 11.6. The minimum Gasteiger partial charge on any atom is -0.482 e. The number of rotatable bonds is 11. The second kappa shape index (κ2) is 11.5. The highest BCUT2D eigenvalue weighted by Crippen LogP contribution is 2.29. The number of carboxylic acids is 1. The molecule has 0 saturated carbocycles. The van der Waals surface area contributed by atoms with Crippen molar-refractivity contribution in [3.05, 3.63) is 50.9 Å². The fourth-order valence-electron chi connectivity index (χ4n) is 2.67. The van der Waals surface area contributed by atoms with Crippen molar-refractivity contribution < 1.29 is 23.1 Å². The van der Waals surface area contributed by atoms with Crippen LogP contribution < -0.4 is 4.74 Å². The standard InChI is InChI=1S/C20H23Br2NO5S2/c1-3-8-23(30(26,27)16-5-6-17(21)18(22)12-16)9-10-29-15-4-7-19(14(2)11-15)28-13-20(24)25/h4-7,11-12H,3,8-10,13H2,1-2H3,(H,24,25). The second-order valence-electron chi connectivity index (χ2n) is 6.44. The summed E-state index contributed by atoms with van der Waals surface area (Å²) in [5, 5.41) is 8.72. The number of carboxylic acid groups (broad SMARTS) is 1. The van der Waals surface area contributed by atoms with Gasteiger partial charge in [0.1, 0.15) is 5.75 Å². The van der Waals surface area contributed by atoms with Crippen molar-refractivity contribution in [2.24, 2.45) is 0 Å². The number of aryl methyl sites for hydroxylation is 1. The molecular formula is C20H23Br2NO5S2. The van der Waals surface area contributed by atoms with Gasteiger partial charge in [0.2, 0.25) is 10.0 Å². The van der Waals surface area contributed by atoms with Gasteiger partial charge in [-0.2, -0.15) is 4.31 Å². The van der Waals surface area contributed by atoms with Gasteiger partial charge >= 0.3 is 5.97 Å². The van der Waals surface area contributed by atoms with E-state index in [0.717, 1.165) is 21.4 Å². The van der Waals surface area contributed by atoms with E-state index in [0.29, 0.717) is 29.1 Å². The molecular weight excluding hydrogens is 558 g/mol. The lowest BCUT2D eigenvalue weighted by atomic mass is 10.2. The van der Waals surface area contributed by atoms with Crippen LogP contribution >= 0.6 is 43.6 Å². The van der Waals surface area contributed by atoms with Crippen molar-refractivity contribution in [3.8, 4) is 5.75 Å². The molecule has 0 bridgehead atoms. The van der Waals surface area contributed by atoms with E-state index in [1.165, 1.54) is 4.31 Å². The quantitative estimate of drug-likeness (QED) is 0.369. The Labute approximate surface area is 198 Å². The SMILES string of the molecule is CCCN(CCSc1ccc(OCC(=O)O)c(C)c1)S(=O)(=O)c1ccc(Br)c(Br)c1. The smallest absolute Gasteiger partial charge is 0.341 e. The van der Waals surface area contributed by atoms with Crippen LogP contribution in [-0.4, -0.2) is 49.2 Å². The number of hydrogen-bond donors (Lipinski definition) is 1. The van der Waals surface area contributed by atoms with Gasteiger partial charge in [-0.05, 0) is 87.2 Å². The monoisotopic (exact) mass is 579 g/mol. The molecule has 1 N–H and O–H groups in total. The molecule has 30 heavy (non-hydrogen) atoms. The molecule has 0 aromatic heterocycles. The lowest BCUT2D eigenvalue weighted by Gasteiger charge is -2.22. The maximum Gasteiger partial charge on any atom is 0.341 e. The summed E-state index contributed by atoms with van der Waals surface area (Å²) in [6, 6.07) is 10.4. The van der Waals surface area contributed by atoms with Gasteiger partial charge in [-0.15, -0.1) is 11.8 Å². The van der Waals surface area contributed by atoms with Crippen molar-refractivity contribution in [1.29, 1.82) is 0 Å². The molecule has 0 saturated heterocycles. The first kappa shape index (κ1) is 25.2. The summed E-state index contributed by atoms with van der Waals surface area (Å²) in [5.41, 5.74) is 0.832. The van der Waals surface area contributed by atoms with Crippen LogP contribution in [0.4, 0.5) is 0 Å². The molecule has 0 amide bonds. The predicted molar refractivity (Wildman–Crippen MR) is 126 cm³/mol. The summed E-state index contributed by atoms with van der Waals surface area (Å²) < 4.78 is 34.4. The van der Waals surface area contributed by atoms with E-state index in [-0.39, 0.29) is 11.5 Å². The third kappa shape index (κ3) is 6.98. The fraction of sp³-hybridized carbons (Fsp3) is 0.350. The molecule has 0 atom stereocenters. The Hall–Kier alpha value is -1.07. The van der Waals surface area contributed by atoms with Crippen LogP contribution in [0, 0.1) is 6.92 Å². The molecule has 2 aromatic rings. The lowest BCUT2D eigenvalue weighted by Crippen LogP contribution is -2.33. The van der Waals surface area contributed by atoms with E-state index in [1.807, 2.05) is 26.0 Å². The first-order chi connectivity index (χ1) is 14.1. The van der Waals surface area contributed by atoms with Crippen LogP contribution in [0.5, 0.6) is 5.75 Å². The Bertz CT molecular complexity index is 999. The van der Waals surface area contributed by atoms with Crippen LogP contribution in [0.15, 0.2) is 55.1 Å². The summed E-state index contributed by atoms with van der Waals surface area (Å²) in [4.78, 5) is 11.9. The third-order valence-corrected chi connectivity index (χ3v) is 8.86. The molecule has 0 aliphatic carbocycles. The Morgan fingerprint density at radius 2 is 1.87 bits per heavy atom. The number of hydrogen-bond acceptors (Lipinski definition) is 5. The largest absolute Gasteiger partial charge is 0.482 e. The summed E-state index contributed by atoms with van der Waals surface area (Å²) in [6.07, 6.45) is 0.719. The van der Waals surface area contributed by atoms with Gasteiger partial charge in [0, 0.05) is 32.7 Å². The predicted octanol–water partition coefficient (Wildman–Crippen LogP) is 5.18. The highest BCUT2D eigenvalue weighted by atomic mass is 79.9. The number of thioether (sulfide) groups is 1. The van der Waals surface area contributed by atoms with Gasteiger partial charge in [0.25, 0.3) is 0 Å². The zero-order valence-corrected chi connectivity index (χ0v) is 21.4. The Morgan fingerprint density at radius 3 is 2.47 bits per heavy atom. The van der Waals surface area contributed by atoms with Gasteiger partial charge in [-0.25, -0.2) is 13.2 Å². The second-order valence-corrected chi connectivity index (χ2v) is 11.3. The van der Waals surface area contributed by atoms with Gasteiger partial charge in [-0.1, -0.05) is 6.92 Å². The van der Waals surface area contributed by atoms with Gasteiger partial charge < -0.3 is 9.84 Å². The summed E-state index contributed by atoms with van der Waals surface area (Å²) in [5.74, 6) is 0.0896. The molecule has 10 heteroatoms. The first-order valence-electron chi connectivity index (χ1n) is 9.18. The Morgan fingerprint density at radius 1 is 1.13 bits per heavy atom. The number of halogens is 2. The number of sulfonamides is 1. The topological polar surface area (TPSA) is 83.9 Å². The molecule has 2 aromatic carbocycles. The molecule has 164 valence electrons. The van der Waals surface area contributed by atoms with Gasteiger partial charge in [0.15, 0.2) is 6.61 Å². The van der Waals surface area contributed by atoms with Crippen molar-refractivity contribution in [2.75, 3.05) is 25.4 Å². The molecule has 0 aliphatic rings. The molecule has 0 radical (unpaired) electrons. The minimum absolute atomic E-state index is 0.256. The zero-order chi connectivity index (χ0) is 22.3.